The number of benzene rings is 3. The van der Waals surface area contributed by atoms with Gasteiger partial charge in [0.2, 0.25) is 5.43 Å². The van der Waals surface area contributed by atoms with E-state index in [1.165, 1.54) is 28.9 Å². The van der Waals surface area contributed by atoms with Crippen LogP contribution in [0.25, 0.3) is 16.5 Å². The lowest BCUT2D eigenvalue weighted by molar-refractivity contribution is -0.384. The molecule has 9 heteroatoms. The minimum absolute atomic E-state index is 0.145. The molecular formula is C24H20N4O5. The van der Waals surface area contributed by atoms with Gasteiger partial charge in [-0.05, 0) is 35.9 Å². The Balaban J connectivity index is 1.46. The highest BCUT2D eigenvalue weighted by molar-refractivity contribution is 5.92. The molecular weight excluding hydrogens is 424 g/mol. The minimum Gasteiger partial charge on any atom is -0.492 e. The maximum absolute atomic E-state index is 12.6. The molecule has 4 aromatic rings. The van der Waals surface area contributed by atoms with E-state index in [0.29, 0.717) is 11.4 Å². The number of rotatable bonds is 7. The number of nitrogens with one attached hydrogen (secondary N) is 1. The summed E-state index contributed by atoms with van der Waals surface area (Å²) in [5.41, 5.74) is -0.592. The molecule has 0 bridgehead atoms. The molecule has 33 heavy (non-hydrogen) atoms. The topological polar surface area (TPSA) is 116 Å². The van der Waals surface area contributed by atoms with E-state index in [4.69, 9.17) is 4.74 Å². The summed E-state index contributed by atoms with van der Waals surface area (Å²) >= 11 is 0. The number of para-hydroxylation sites is 2. The van der Waals surface area contributed by atoms with Crippen molar-refractivity contribution in [1.82, 2.24) is 15.1 Å². The van der Waals surface area contributed by atoms with E-state index in [9.17, 15) is 19.7 Å². The van der Waals surface area contributed by atoms with Crippen molar-refractivity contribution in [3.63, 3.8) is 0 Å². The van der Waals surface area contributed by atoms with Crippen LogP contribution in [0.5, 0.6) is 5.75 Å². The highest BCUT2D eigenvalue weighted by Crippen LogP contribution is 2.22. The van der Waals surface area contributed by atoms with Crippen molar-refractivity contribution in [2.45, 2.75) is 6.92 Å². The van der Waals surface area contributed by atoms with Crippen LogP contribution in [0.1, 0.15) is 16.2 Å². The number of ether oxygens (including phenoxy) is 1. The first-order valence-electron chi connectivity index (χ1n) is 10.2. The van der Waals surface area contributed by atoms with E-state index in [0.717, 1.165) is 10.8 Å². The van der Waals surface area contributed by atoms with E-state index in [2.05, 4.69) is 10.4 Å². The van der Waals surface area contributed by atoms with Gasteiger partial charge in [0.1, 0.15) is 18.0 Å². The SMILES string of the molecule is Cc1cc(=O)c(C(=O)NCCOc2ccc3ccccc3c2)nn1-c1ccccc1[N+](=O)[O-]. The number of carbonyl (C=O) groups excluding carboxylic acids is 1. The molecule has 0 spiro atoms. The van der Waals surface area contributed by atoms with Gasteiger partial charge in [-0.3, -0.25) is 19.7 Å². The Morgan fingerprint density at radius 2 is 1.79 bits per heavy atom. The molecule has 0 aliphatic rings. The molecule has 1 aromatic heterocycles. The number of hydrogen-bond donors (Lipinski definition) is 1. The number of nitrogens with zero attached hydrogens (tertiary/aromatic N) is 3. The fourth-order valence-electron chi connectivity index (χ4n) is 3.42. The first-order chi connectivity index (χ1) is 15.9. The second kappa shape index (κ2) is 9.31. The van der Waals surface area contributed by atoms with Crippen LogP contribution >= 0.6 is 0 Å². The lowest BCUT2D eigenvalue weighted by atomic mass is 10.1. The zero-order valence-corrected chi connectivity index (χ0v) is 17.7. The Bertz CT molecular complexity index is 1410. The molecule has 3 aromatic carbocycles. The summed E-state index contributed by atoms with van der Waals surface area (Å²) in [4.78, 5) is 35.8. The number of aromatic nitrogens is 2. The second-order valence-corrected chi connectivity index (χ2v) is 7.27. The maximum Gasteiger partial charge on any atom is 0.294 e. The zero-order chi connectivity index (χ0) is 23.4. The molecule has 0 fully saturated rings. The quantitative estimate of drug-likeness (QED) is 0.265. The van der Waals surface area contributed by atoms with E-state index in [1.807, 2.05) is 42.5 Å². The van der Waals surface area contributed by atoms with Gasteiger partial charge in [-0.15, -0.1) is 0 Å². The molecule has 0 unspecified atom stereocenters. The molecule has 0 aliphatic heterocycles. The van der Waals surface area contributed by atoms with Gasteiger partial charge in [0, 0.05) is 17.8 Å². The number of aryl methyl sites for hydroxylation is 1. The van der Waals surface area contributed by atoms with Gasteiger partial charge in [-0.25, -0.2) is 4.68 Å². The average molecular weight is 444 g/mol. The number of hydrogen-bond acceptors (Lipinski definition) is 6. The zero-order valence-electron chi connectivity index (χ0n) is 17.7. The van der Waals surface area contributed by atoms with Gasteiger partial charge in [0.15, 0.2) is 5.69 Å². The molecule has 0 saturated heterocycles. The van der Waals surface area contributed by atoms with Crippen LogP contribution in [0.4, 0.5) is 5.69 Å². The summed E-state index contributed by atoms with van der Waals surface area (Å²) in [6.45, 7) is 1.92. The minimum atomic E-state index is -0.686. The molecule has 0 saturated carbocycles. The maximum atomic E-state index is 12.6. The van der Waals surface area contributed by atoms with Crippen molar-refractivity contribution in [3.8, 4) is 11.4 Å². The first kappa shape index (κ1) is 21.7. The molecule has 166 valence electrons. The lowest BCUT2D eigenvalue weighted by Crippen LogP contribution is -2.34. The highest BCUT2D eigenvalue weighted by Gasteiger charge is 2.20. The number of fused-ring (bicyclic) bond motifs is 1. The summed E-state index contributed by atoms with van der Waals surface area (Å²) in [5, 5.41) is 20.2. The Kier molecular flexibility index (Phi) is 6.12. The number of amides is 1. The number of carbonyl (C=O) groups is 1. The third kappa shape index (κ3) is 4.72. The number of nitro groups is 1. The smallest absolute Gasteiger partial charge is 0.294 e. The van der Waals surface area contributed by atoms with Gasteiger partial charge in [-0.2, -0.15) is 5.10 Å². The molecule has 1 amide bonds. The van der Waals surface area contributed by atoms with Gasteiger partial charge >= 0.3 is 0 Å². The summed E-state index contributed by atoms with van der Waals surface area (Å²) in [6, 6.07) is 20.8. The van der Waals surface area contributed by atoms with Gasteiger partial charge < -0.3 is 10.1 Å². The molecule has 1 heterocycles. The summed E-state index contributed by atoms with van der Waals surface area (Å²) in [6.07, 6.45) is 0. The second-order valence-electron chi connectivity index (χ2n) is 7.27. The van der Waals surface area contributed by atoms with E-state index in [-0.39, 0.29) is 30.2 Å². The van der Waals surface area contributed by atoms with Crippen molar-refractivity contribution in [3.05, 3.63) is 105 Å². The van der Waals surface area contributed by atoms with Crippen molar-refractivity contribution in [2.24, 2.45) is 0 Å². The molecule has 1 N–H and O–H groups in total. The van der Waals surface area contributed by atoms with Crippen molar-refractivity contribution >= 4 is 22.4 Å². The van der Waals surface area contributed by atoms with E-state index in [1.54, 1.807) is 13.0 Å². The normalized spacial score (nSPS) is 10.7. The van der Waals surface area contributed by atoms with Crippen LogP contribution in [-0.4, -0.2) is 33.8 Å². The third-order valence-electron chi connectivity index (χ3n) is 5.01. The predicted octanol–water partition coefficient (Wildman–Crippen LogP) is 3.41. The molecule has 4 rings (SSSR count). The highest BCUT2D eigenvalue weighted by atomic mass is 16.6. The molecule has 0 radical (unpaired) electrons. The fourth-order valence-corrected chi connectivity index (χ4v) is 3.42. The molecule has 0 aliphatic carbocycles. The summed E-state index contributed by atoms with van der Waals surface area (Å²) < 4.78 is 6.91. The standard InChI is InChI=1S/C24H20N4O5/c1-16-14-22(29)23(26-27(16)20-8-4-5-9-21(20)28(31)32)24(30)25-12-13-33-19-11-10-17-6-2-3-7-18(17)15-19/h2-11,14-15H,12-13H2,1H3,(H,25,30). The van der Waals surface area contributed by atoms with Crippen molar-refractivity contribution < 1.29 is 14.5 Å². The Morgan fingerprint density at radius 3 is 2.58 bits per heavy atom. The van der Waals surface area contributed by atoms with E-state index < -0.39 is 16.3 Å². The van der Waals surface area contributed by atoms with Crippen molar-refractivity contribution in [1.29, 1.82) is 0 Å². The first-order valence-corrected chi connectivity index (χ1v) is 10.2. The third-order valence-corrected chi connectivity index (χ3v) is 5.01. The monoisotopic (exact) mass is 444 g/mol. The van der Waals surface area contributed by atoms with E-state index >= 15 is 0 Å². The Hall–Kier alpha value is -4.53. The largest absolute Gasteiger partial charge is 0.492 e. The lowest BCUT2D eigenvalue weighted by Gasteiger charge is -2.12. The van der Waals surface area contributed by atoms with Crippen LogP contribution in [0.2, 0.25) is 0 Å². The van der Waals surface area contributed by atoms with Gasteiger partial charge in [-0.1, -0.05) is 42.5 Å². The predicted molar refractivity (Wildman–Crippen MR) is 123 cm³/mol. The van der Waals surface area contributed by atoms with Crippen molar-refractivity contribution in [2.75, 3.05) is 13.2 Å². The summed E-state index contributed by atoms with van der Waals surface area (Å²) in [7, 11) is 0. The Labute approximate surface area is 188 Å². The summed E-state index contributed by atoms with van der Waals surface area (Å²) in [5.74, 6) is -0.0235. The number of nitro benzene ring substituents is 1. The molecule has 9 nitrogen and oxygen atoms in total. The van der Waals surface area contributed by atoms with Gasteiger partial charge in [0.25, 0.3) is 11.6 Å². The van der Waals surface area contributed by atoms with Crippen LogP contribution < -0.4 is 15.5 Å². The molecule has 0 atom stereocenters. The Morgan fingerprint density at radius 1 is 1.06 bits per heavy atom. The van der Waals surface area contributed by atoms with Crippen LogP contribution in [0.3, 0.4) is 0 Å². The fraction of sp³-hybridized carbons (Fsp3) is 0.125. The van der Waals surface area contributed by atoms with Crippen LogP contribution in [-0.2, 0) is 0 Å². The van der Waals surface area contributed by atoms with Crippen LogP contribution in [0.15, 0.2) is 77.6 Å². The van der Waals surface area contributed by atoms with Crippen LogP contribution in [0, 0.1) is 17.0 Å². The van der Waals surface area contributed by atoms with Gasteiger partial charge in [0.05, 0.1) is 11.5 Å². The average Bonchev–Trinajstić information content (AvgIpc) is 2.81.